The summed E-state index contributed by atoms with van der Waals surface area (Å²) in [5, 5.41) is 9.93. The summed E-state index contributed by atoms with van der Waals surface area (Å²) in [6.45, 7) is 7.68. The molecular weight excluding hydrogens is 531 g/mol. The molecule has 2 aromatic rings. The topological polar surface area (TPSA) is 111 Å². The van der Waals surface area contributed by atoms with E-state index in [2.05, 4.69) is 9.98 Å². The van der Waals surface area contributed by atoms with Crippen LogP contribution in [0.15, 0.2) is 35.6 Å². The molecule has 1 saturated heterocycles. The molecule has 9 nitrogen and oxygen atoms in total. The van der Waals surface area contributed by atoms with E-state index in [4.69, 9.17) is 14.2 Å². The Hall–Kier alpha value is -3.67. The van der Waals surface area contributed by atoms with Gasteiger partial charge in [0.15, 0.2) is 0 Å². The molecule has 0 bridgehead atoms. The minimum absolute atomic E-state index is 0.0912. The largest absolute Gasteiger partial charge is 0.461 e. The first-order valence-corrected chi connectivity index (χ1v) is 12.7. The average molecular weight is 564 g/mol. The van der Waals surface area contributed by atoms with Gasteiger partial charge in [-0.2, -0.15) is 0 Å². The summed E-state index contributed by atoms with van der Waals surface area (Å²) in [5.41, 5.74) is -3.87. The highest BCUT2D eigenvalue weighted by molar-refractivity contribution is 5.98. The smallest absolute Gasteiger partial charge is 0.438 e. The molecule has 4 rings (SSSR count). The number of rotatable bonds is 4. The summed E-state index contributed by atoms with van der Waals surface area (Å²) in [5.74, 6) is -2.36. The van der Waals surface area contributed by atoms with Crippen LogP contribution in [0.25, 0.3) is 11.1 Å². The van der Waals surface area contributed by atoms with Gasteiger partial charge in [-0.3, -0.25) is 4.98 Å². The van der Waals surface area contributed by atoms with Gasteiger partial charge in [0.2, 0.25) is 0 Å². The molecule has 2 aliphatic rings. The van der Waals surface area contributed by atoms with Gasteiger partial charge in [-0.1, -0.05) is 0 Å². The Morgan fingerprint density at radius 2 is 1.80 bits per heavy atom. The van der Waals surface area contributed by atoms with E-state index >= 15 is 8.78 Å². The fourth-order valence-corrected chi connectivity index (χ4v) is 4.77. The Morgan fingerprint density at radius 1 is 1.12 bits per heavy atom. The number of pyridine rings is 1. The minimum atomic E-state index is -2.06. The minimum Gasteiger partial charge on any atom is -0.461 e. The number of benzene rings is 1. The number of carbonyl (C=O) groups is 2. The molecule has 1 saturated carbocycles. The highest BCUT2D eigenvalue weighted by Gasteiger charge is 2.67. The fraction of sp³-hybridized carbons (Fsp3) is 0.500. The second-order valence-corrected chi connectivity index (χ2v) is 11.8. The van der Waals surface area contributed by atoms with Crippen LogP contribution in [0.5, 0.6) is 0 Å². The third kappa shape index (κ3) is 5.77. The SMILES string of the molecule is CC(C)(C)OC(=O)N=C1OC2CC2[C@@](CF)(c2cc(-c3cncc(F)c3)c(CO)cc2F)N1C(=O)OC(C)(C)C. The lowest BCUT2D eigenvalue weighted by atomic mass is 9.81. The second kappa shape index (κ2) is 10.4. The van der Waals surface area contributed by atoms with Crippen molar-refractivity contribution in [3.63, 3.8) is 0 Å². The number of nitrogens with zero attached hydrogens (tertiary/aromatic N) is 3. The first kappa shape index (κ1) is 29.3. The van der Waals surface area contributed by atoms with Gasteiger partial charge >= 0.3 is 18.2 Å². The van der Waals surface area contributed by atoms with Gasteiger partial charge in [-0.25, -0.2) is 27.7 Å². The third-order valence-corrected chi connectivity index (χ3v) is 6.40. The van der Waals surface area contributed by atoms with Gasteiger partial charge in [0.25, 0.3) is 0 Å². The highest BCUT2D eigenvalue weighted by Crippen LogP contribution is 2.56. The number of hydrogen-bond donors (Lipinski definition) is 1. The Kier molecular flexibility index (Phi) is 7.61. The lowest BCUT2D eigenvalue weighted by molar-refractivity contribution is -0.0218. The lowest BCUT2D eigenvalue weighted by Crippen LogP contribution is -2.61. The number of aliphatic imine (C=N–C) groups is 1. The standard InChI is InChI=1S/C28H32F3N3O6/c1-26(2,3)39-24(36)33-23-34(25(37)40-27(4,5)6)28(14-29,20-10-22(20)38-23)19-9-18(16(13-35)8-21(19)31)15-7-17(30)12-32-11-15/h7-9,11-12,20,22,35H,10,13-14H2,1-6H3/t20?,22?,28-/m1/s1. The van der Waals surface area contributed by atoms with Crippen molar-refractivity contribution < 1.29 is 42.1 Å². The first-order chi connectivity index (χ1) is 18.6. The van der Waals surface area contributed by atoms with E-state index in [-0.39, 0.29) is 28.7 Å². The number of amidine groups is 1. The molecule has 3 atom stereocenters. The number of amides is 2. The van der Waals surface area contributed by atoms with Crippen LogP contribution in [0.2, 0.25) is 0 Å². The molecule has 0 spiro atoms. The molecule has 2 amide bonds. The second-order valence-electron chi connectivity index (χ2n) is 11.8. The lowest BCUT2D eigenvalue weighted by Gasteiger charge is -2.45. The number of hydrogen-bond acceptors (Lipinski definition) is 7. The average Bonchev–Trinajstić information content (AvgIpc) is 3.60. The van der Waals surface area contributed by atoms with Crippen LogP contribution in [0, 0.1) is 17.6 Å². The molecule has 2 fully saturated rings. The van der Waals surface area contributed by atoms with Gasteiger partial charge < -0.3 is 19.3 Å². The summed E-state index contributed by atoms with van der Waals surface area (Å²) >= 11 is 0. The Morgan fingerprint density at radius 3 is 2.38 bits per heavy atom. The van der Waals surface area contributed by atoms with Crippen molar-refractivity contribution >= 4 is 18.2 Å². The van der Waals surface area contributed by atoms with Crippen LogP contribution < -0.4 is 0 Å². The number of fused-ring (bicyclic) bond motifs is 1. The van der Waals surface area contributed by atoms with E-state index in [9.17, 15) is 19.1 Å². The van der Waals surface area contributed by atoms with Crippen LogP contribution in [-0.2, 0) is 26.4 Å². The van der Waals surface area contributed by atoms with Gasteiger partial charge in [0.05, 0.1) is 12.8 Å². The van der Waals surface area contributed by atoms with Gasteiger partial charge in [0, 0.05) is 23.2 Å². The molecule has 40 heavy (non-hydrogen) atoms. The molecule has 2 heterocycles. The number of carbonyl (C=O) groups excluding carboxylic acids is 2. The van der Waals surface area contributed by atoms with Gasteiger partial charge in [-0.05, 0) is 77.3 Å². The number of aliphatic hydroxyl groups excluding tert-OH is 1. The van der Waals surface area contributed by atoms with E-state index in [1.807, 2.05) is 0 Å². The summed E-state index contributed by atoms with van der Waals surface area (Å²) in [6.07, 6.45) is -0.414. The van der Waals surface area contributed by atoms with Crippen molar-refractivity contribution in [2.24, 2.45) is 10.9 Å². The Bertz CT molecular complexity index is 1350. The first-order valence-electron chi connectivity index (χ1n) is 12.7. The number of ether oxygens (including phenoxy) is 3. The molecule has 1 N–H and O–H groups in total. The fourth-order valence-electron chi connectivity index (χ4n) is 4.77. The van der Waals surface area contributed by atoms with Crippen molar-refractivity contribution in [2.75, 3.05) is 6.67 Å². The van der Waals surface area contributed by atoms with E-state index < -0.39 is 71.9 Å². The monoisotopic (exact) mass is 563 g/mol. The zero-order valence-electron chi connectivity index (χ0n) is 23.1. The van der Waals surface area contributed by atoms with Crippen molar-refractivity contribution in [2.45, 2.75) is 77.4 Å². The third-order valence-electron chi connectivity index (χ3n) is 6.40. The summed E-state index contributed by atoms with van der Waals surface area (Å²) in [7, 11) is 0. The Balaban J connectivity index is 1.95. The normalized spacial score (nSPS) is 23.4. The molecule has 2 unspecified atom stereocenters. The number of aliphatic hydroxyl groups is 1. The van der Waals surface area contributed by atoms with Crippen molar-refractivity contribution in [3.8, 4) is 11.1 Å². The summed E-state index contributed by atoms with van der Waals surface area (Å²) in [6, 6.07) is 2.79. The Labute approximate surface area is 230 Å². The van der Waals surface area contributed by atoms with Crippen LogP contribution in [0.3, 0.4) is 0 Å². The van der Waals surface area contributed by atoms with Gasteiger partial charge in [0.1, 0.15) is 41.2 Å². The van der Waals surface area contributed by atoms with Crippen LogP contribution >= 0.6 is 0 Å². The molecular formula is C28H32F3N3O6. The molecule has 0 radical (unpaired) electrons. The van der Waals surface area contributed by atoms with Crippen molar-refractivity contribution in [3.05, 3.63) is 53.4 Å². The van der Waals surface area contributed by atoms with E-state index in [0.29, 0.717) is 0 Å². The maximum Gasteiger partial charge on any atom is 0.438 e. The van der Waals surface area contributed by atoms with E-state index in [1.165, 1.54) is 12.3 Å². The van der Waals surface area contributed by atoms with Crippen LogP contribution in [0.4, 0.5) is 22.8 Å². The zero-order valence-corrected chi connectivity index (χ0v) is 23.1. The van der Waals surface area contributed by atoms with Crippen molar-refractivity contribution in [1.82, 2.24) is 9.88 Å². The van der Waals surface area contributed by atoms with Crippen molar-refractivity contribution in [1.29, 1.82) is 0 Å². The number of halogens is 3. The molecule has 1 aromatic carbocycles. The maximum absolute atomic E-state index is 15.9. The van der Waals surface area contributed by atoms with Crippen LogP contribution in [0.1, 0.15) is 59.1 Å². The van der Waals surface area contributed by atoms with E-state index in [1.54, 1.807) is 41.5 Å². The molecule has 216 valence electrons. The molecule has 12 heteroatoms. The highest BCUT2D eigenvalue weighted by atomic mass is 19.1. The quantitative estimate of drug-likeness (QED) is 0.513. The van der Waals surface area contributed by atoms with E-state index in [0.717, 1.165) is 23.2 Å². The number of aromatic nitrogens is 1. The summed E-state index contributed by atoms with van der Waals surface area (Å²) < 4.78 is 62.0. The molecule has 1 aromatic heterocycles. The molecule has 1 aliphatic carbocycles. The van der Waals surface area contributed by atoms with Crippen LogP contribution in [-0.4, -0.2) is 57.2 Å². The summed E-state index contributed by atoms with van der Waals surface area (Å²) in [4.78, 5) is 34.7. The maximum atomic E-state index is 15.9. The molecule has 1 aliphatic heterocycles. The van der Waals surface area contributed by atoms with Gasteiger partial charge in [-0.15, -0.1) is 4.99 Å². The zero-order chi connectivity index (χ0) is 29.6. The predicted octanol–water partition coefficient (Wildman–Crippen LogP) is 5.63. The predicted molar refractivity (Wildman–Crippen MR) is 138 cm³/mol. The number of alkyl halides is 1.